The number of aromatic nitrogens is 2. The summed E-state index contributed by atoms with van der Waals surface area (Å²) in [6, 6.07) is 19.7. The number of anilines is 1. The summed E-state index contributed by atoms with van der Waals surface area (Å²) < 4.78 is 5.36. The van der Waals surface area contributed by atoms with Crippen molar-refractivity contribution in [2.75, 3.05) is 12.5 Å². The lowest BCUT2D eigenvalue weighted by atomic mass is 10.2. The molecule has 0 saturated carbocycles. The molecule has 0 aliphatic heterocycles. The van der Waals surface area contributed by atoms with E-state index in [2.05, 4.69) is 20.5 Å². The fourth-order valence-electron chi connectivity index (χ4n) is 2.73. The molecule has 0 spiro atoms. The van der Waals surface area contributed by atoms with Gasteiger partial charge in [0.25, 0.3) is 0 Å². The molecule has 0 radical (unpaired) electrons. The first-order valence-corrected chi connectivity index (χ1v) is 7.92. The summed E-state index contributed by atoms with van der Waals surface area (Å²) in [6.45, 7) is 0. The number of nitrogens with one attached hydrogen (secondary N) is 1. The standard InChI is InChI=1S/C20H16N4O/c1-25-19-8-4-6-16-18(11-12-21-20(16)19)24-22-13-15-10-9-14-5-2-3-7-17(14)23-15/h2-13H,1H3,(H,21,24)/b22-13+. The van der Waals surface area contributed by atoms with Gasteiger partial charge in [0, 0.05) is 17.0 Å². The van der Waals surface area contributed by atoms with Gasteiger partial charge in [-0.05, 0) is 24.3 Å². The molecule has 0 atom stereocenters. The van der Waals surface area contributed by atoms with Crippen LogP contribution in [0.5, 0.6) is 5.75 Å². The molecule has 0 bridgehead atoms. The molecule has 5 nitrogen and oxygen atoms in total. The lowest BCUT2D eigenvalue weighted by Gasteiger charge is -2.08. The van der Waals surface area contributed by atoms with Crippen LogP contribution in [0, 0.1) is 0 Å². The molecule has 4 aromatic rings. The smallest absolute Gasteiger partial charge is 0.145 e. The van der Waals surface area contributed by atoms with Crippen LogP contribution in [0.3, 0.4) is 0 Å². The van der Waals surface area contributed by atoms with Gasteiger partial charge in [0.2, 0.25) is 0 Å². The Labute approximate surface area is 145 Å². The minimum absolute atomic E-state index is 0.737. The van der Waals surface area contributed by atoms with Gasteiger partial charge in [-0.25, -0.2) is 4.98 Å². The Morgan fingerprint density at radius 1 is 1.00 bits per heavy atom. The summed E-state index contributed by atoms with van der Waals surface area (Å²) in [4.78, 5) is 8.96. The highest BCUT2D eigenvalue weighted by molar-refractivity contribution is 5.95. The zero-order valence-electron chi connectivity index (χ0n) is 13.7. The lowest BCUT2D eigenvalue weighted by Crippen LogP contribution is -1.95. The molecule has 2 aromatic heterocycles. The third-order valence-corrected chi connectivity index (χ3v) is 3.96. The van der Waals surface area contributed by atoms with E-state index in [1.165, 1.54) is 0 Å². The number of hydrogen-bond donors (Lipinski definition) is 1. The first-order valence-electron chi connectivity index (χ1n) is 7.92. The van der Waals surface area contributed by atoms with Crippen LogP contribution in [-0.4, -0.2) is 23.3 Å². The highest BCUT2D eigenvalue weighted by atomic mass is 16.5. The lowest BCUT2D eigenvalue weighted by molar-refractivity contribution is 0.419. The van der Waals surface area contributed by atoms with E-state index in [1.54, 1.807) is 19.5 Å². The molecule has 0 amide bonds. The first kappa shape index (κ1) is 15.1. The van der Waals surface area contributed by atoms with E-state index in [-0.39, 0.29) is 0 Å². The van der Waals surface area contributed by atoms with E-state index in [9.17, 15) is 0 Å². The number of hydrogen-bond acceptors (Lipinski definition) is 5. The van der Waals surface area contributed by atoms with E-state index in [1.807, 2.05) is 60.7 Å². The SMILES string of the molecule is COc1cccc2c(N/N=C/c3ccc4ccccc4n3)ccnc12. The van der Waals surface area contributed by atoms with E-state index < -0.39 is 0 Å². The van der Waals surface area contributed by atoms with Crippen LogP contribution in [0.2, 0.25) is 0 Å². The van der Waals surface area contributed by atoms with Crippen molar-refractivity contribution < 1.29 is 4.74 Å². The van der Waals surface area contributed by atoms with Gasteiger partial charge in [-0.1, -0.05) is 36.4 Å². The Morgan fingerprint density at radius 3 is 2.84 bits per heavy atom. The third kappa shape index (κ3) is 2.99. The minimum atomic E-state index is 0.737. The van der Waals surface area contributed by atoms with E-state index in [4.69, 9.17) is 4.74 Å². The maximum atomic E-state index is 5.36. The van der Waals surface area contributed by atoms with Gasteiger partial charge in [-0.3, -0.25) is 10.4 Å². The fourth-order valence-corrected chi connectivity index (χ4v) is 2.73. The zero-order valence-corrected chi connectivity index (χ0v) is 13.7. The number of fused-ring (bicyclic) bond motifs is 2. The Kier molecular flexibility index (Phi) is 3.96. The summed E-state index contributed by atoms with van der Waals surface area (Å²) in [6.07, 6.45) is 3.44. The molecule has 0 aliphatic carbocycles. The highest BCUT2D eigenvalue weighted by Gasteiger charge is 2.05. The average Bonchev–Trinajstić information content (AvgIpc) is 2.67. The summed E-state index contributed by atoms with van der Waals surface area (Å²) in [5.74, 6) is 0.737. The molecular weight excluding hydrogens is 312 g/mol. The number of rotatable bonds is 4. The topological polar surface area (TPSA) is 59.4 Å². The molecule has 25 heavy (non-hydrogen) atoms. The van der Waals surface area contributed by atoms with E-state index >= 15 is 0 Å². The monoisotopic (exact) mass is 328 g/mol. The second kappa shape index (κ2) is 6.57. The summed E-state index contributed by atoms with van der Waals surface area (Å²) in [5.41, 5.74) is 6.47. The van der Waals surface area contributed by atoms with Crippen molar-refractivity contribution in [1.82, 2.24) is 9.97 Å². The average molecular weight is 328 g/mol. The molecule has 2 aromatic carbocycles. The maximum Gasteiger partial charge on any atom is 0.145 e. The van der Waals surface area contributed by atoms with Crippen LogP contribution in [-0.2, 0) is 0 Å². The van der Waals surface area contributed by atoms with Crippen LogP contribution < -0.4 is 10.2 Å². The predicted octanol–water partition coefficient (Wildman–Crippen LogP) is 4.24. The number of hydrazone groups is 1. The van der Waals surface area contributed by atoms with E-state index in [0.29, 0.717) is 0 Å². The maximum absolute atomic E-state index is 5.36. The molecule has 4 rings (SSSR count). The zero-order chi connectivity index (χ0) is 17.1. The number of nitrogens with zero attached hydrogens (tertiary/aromatic N) is 3. The van der Waals surface area contributed by atoms with Crippen LogP contribution in [0.25, 0.3) is 21.8 Å². The molecule has 0 unspecified atom stereocenters. The van der Waals surface area contributed by atoms with Crippen molar-refractivity contribution in [3.05, 3.63) is 72.6 Å². The molecule has 2 heterocycles. The Balaban J connectivity index is 1.62. The third-order valence-electron chi connectivity index (χ3n) is 3.96. The molecule has 122 valence electrons. The Bertz CT molecular complexity index is 1080. The minimum Gasteiger partial charge on any atom is -0.494 e. The summed E-state index contributed by atoms with van der Waals surface area (Å²) in [5, 5.41) is 6.38. The number of methoxy groups -OCH3 is 1. The number of benzene rings is 2. The second-order valence-electron chi connectivity index (χ2n) is 5.51. The number of para-hydroxylation sites is 2. The van der Waals surface area contributed by atoms with Gasteiger partial charge in [0.05, 0.1) is 30.2 Å². The largest absolute Gasteiger partial charge is 0.494 e. The van der Waals surface area contributed by atoms with Gasteiger partial charge in [0.15, 0.2) is 0 Å². The molecular formula is C20H16N4O. The first-order chi connectivity index (χ1) is 12.3. The second-order valence-corrected chi connectivity index (χ2v) is 5.51. The molecule has 0 saturated heterocycles. The summed E-state index contributed by atoms with van der Waals surface area (Å²) >= 11 is 0. The van der Waals surface area contributed by atoms with Crippen LogP contribution in [0.4, 0.5) is 5.69 Å². The van der Waals surface area contributed by atoms with Crippen molar-refractivity contribution in [1.29, 1.82) is 0 Å². The Hall–Kier alpha value is -3.47. The van der Waals surface area contributed by atoms with Crippen molar-refractivity contribution in [2.24, 2.45) is 5.10 Å². The van der Waals surface area contributed by atoms with Crippen molar-refractivity contribution in [2.45, 2.75) is 0 Å². The normalized spacial score (nSPS) is 11.2. The van der Waals surface area contributed by atoms with Gasteiger partial charge in [-0.2, -0.15) is 5.10 Å². The number of ether oxygens (including phenoxy) is 1. The number of pyridine rings is 2. The highest BCUT2D eigenvalue weighted by Crippen LogP contribution is 2.28. The Morgan fingerprint density at radius 2 is 1.92 bits per heavy atom. The van der Waals surface area contributed by atoms with Gasteiger partial charge in [-0.15, -0.1) is 0 Å². The molecule has 5 heteroatoms. The molecule has 0 aliphatic rings. The van der Waals surface area contributed by atoms with Gasteiger partial charge in [0.1, 0.15) is 11.3 Å². The van der Waals surface area contributed by atoms with Crippen molar-refractivity contribution >= 4 is 33.7 Å². The van der Waals surface area contributed by atoms with Crippen LogP contribution >= 0.6 is 0 Å². The fraction of sp³-hybridized carbons (Fsp3) is 0.0500. The molecule has 0 fully saturated rings. The van der Waals surface area contributed by atoms with Crippen LogP contribution in [0.1, 0.15) is 5.69 Å². The van der Waals surface area contributed by atoms with Gasteiger partial charge >= 0.3 is 0 Å². The van der Waals surface area contributed by atoms with Crippen LogP contribution in [0.15, 0.2) is 72.0 Å². The molecule has 1 N–H and O–H groups in total. The van der Waals surface area contributed by atoms with Crippen molar-refractivity contribution in [3.63, 3.8) is 0 Å². The van der Waals surface area contributed by atoms with Gasteiger partial charge < -0.3 is 4.74 Å². The quantitative estimate of drug-likeness (QED) is 0.450. The van der Waals surface area contributed by atoms with E-state index in [0.717, 1.165) is 38.9 Å². The summed E-state index contributed by atoms with van der Waals surface area (Å²) in [7, 11) is 1.64. The van der Waals surface area contributed by atoms with Crippen molar-refractivity contribution in [3.8, 4) is 5.75 Å². The predicted molar refractivity (Wildman–Crippen MR) is 101 cm³/mol.